The average Bonchev–Trinajstić information content (AvgIpc) is 2.82. The molecule has 0 aromatic heterocycles. The fraction of sp³-hybridized carbons (Fsp3) is 0.130. The Hall–Kier alpha value is -3.80. The van der Waals surface area contributed by atoms with E-state index in [9.17, 15) is 19.8 Å². The van der Waals surface area contributed by atoms with Crippen molar-refractivity contribution in [3.05, 3.63) is 83.0 Å². The van der Waals surface area contributed by atoms with Crippen LogP contribution in [0, 0.1) is 5.92 Å². The molecule has 2 N–H and O–H groups in total. The average molecular weight is 388 g/mol. The van der Waals surface area contributed by atoms with Gasteiger partial charge in [-0.1, -0.05) is 24.3 Å². The molecule has 3 aliphatic rings. The number of benzene rings is 2. The number of hydrogen-bond donors (Lipinski definition) is 2. The molecule has 2 heterocycles. The zero-order valence-electron chi connectivity index (χ0n) is 15.4. The topological polar surface area (TPSA) is 93.1 Å². The predicted octanol–water partition coefficient (Wildman–Crippen LogP) is 3.63. The minimum absolute atomic E-state index is 0.00558. The summed E-state index contributed by atoms with van der Waals surface area (Å²) in [6, 6.07) is 9.16. The first kappa shape index (κ1) is 17.3. The quantitative estimate of drug-likeness (QED) is 0.725. The zero-order valence-corrected chi connectivity index (χ0v) is 15.4. The molecule has 0 bridgehead atoms. The lowest BCUT2D eigenvalue weighted by Crippen LogP contribution is -2.33. The fourth-order valence-corrected chi connectivity index (χ4v) is 4.08. The van der Waals surface area contributed by atoms with Gasteiger partial charge in [-0.25, -0.2) is 4.79 Å². The Morgan fingerprint density at radius 1 is 0.966 bits per heavy atom. The molecule has 0 saturated heterocycles. The number of fused-ring (bicyclic) bond motifs is 5. The van der Waals surface area contributed by atoms with Gasteiger partial charge in [0.1, 0.15) is 28.8 Å². The van der Waals surface area contributed by atoms with Gasteiger partial charge in [0.2, 0.25) is 0 Å². The number of phenolic OH excluding ortho intramolecular Hbond substituents is 2. The number of hydrogen-bond acceptors (Lipinski definition) is 6. The van der Waals surface area contributed by atoms with Crippen molar-refractivity contribution in [2.24, 2.45) is 5.92 Å². The third kappa shape index (κ3) is 2.35. The van der Waals surface area contributed by atoms with Crippen LogP contribution in [-0.2, 0) is 19.9 Å². The van der Waals surface area contributed by atoms with Gasteiger partial charge < -0.3 is 19.7 Å². The summed E-state index contributed by atoms with van der Waals surface area (Å²) >= 11 is 0. The summed E-state index contributed by atoms with van der Waals surface area (Å²) < 4.78 is 11.9. The van der Waals surface area contributed by atoms with Crippen molar-refractivity contribution in [1.82, 2.24) is 0 Å². The smallest absolute Gasteiger partial charge is 0.340 e. The van der Waals surface area contributed by atoms with Gasteiger partial charge in [0.25, 0.3) is 0 Å². The van der Waals surface area contributed by atoms with Crippen molar-refractivity contribution >= 4 is 11.8 Å². The van der Waals surface area contributed by atoms with Crippen molar-refractivity contribution in [2.75, 3.05) is 0 Å². The minimum atomic E-state index is -1.32. The van der Waals surface area contributed by atoms with Crippen molar-refractivity contribution in [3.63, 3.8) is 0 Å². The molecule has 5 rings (SSSR count). The van der Waals surface area contributed by atoms with E-state index in [0.29, 0.717) is 33.8 Å². The van der Waals surface area contributed by atoms with Crippen molar-refractivity contribution in [3.8, 4) is 23.0 Å². The van der Waals surface area contributed by atoms with Gasteiger partial charge >= 0.3 is 5.97 Å². The Morgan fingerprint density at radius 3 is 2.14 bits per heavy atom. The molecule has 2 aromatic carbocycles. The SMILES string of the molecule is CC(=O)C1C=CC2=C(C=C1)C1(OC2=O)c2ccc(O)cc2Oc2cc(O)ccc21. The molecule has 1 spiro atoms. The van der Waals surface area contributed by atoms with Crippen LogP contribution in [-0.4, -0.2) is 22.0 Å². The number of esters is 1. The van der Waals surface area contributed by atoms with Gasteiger partial charge in [-0.2, -0.15) is 0 Å². The van der Waals surface area contributed by atoms with Crippen LogP contribution >= 0.6 is 0 Å². The maximum atomic E-state index is 12.9. The van der Waals surface area contributed by atoms with Crippen LogP contribution in [0.2, 0.25) is 0 Å². The standard InChI is InChI=1S/C23H16O6/c1-12(24)13-2-6-16-17(7-3-13)23(29-22(16)27)18-8-4-14(25)10-20(18)28-21-11-15(26)5-9-19(21)23/h2-11,13,25-26H,1H3. The van der Waals surface area contributed by atoms with E-state index in [4.69, 9.17) is 9.47 Å². The molecular weight excluding hydrogens is 372 g/mol. The van der Waals surface area contributed by atoms with Gasteiger partial charge in [-0.05, 0) is 31.2 Å². The predicted molar refractivity (Wildman–Crippen MR) is 103 cm³/mol. The number of phenols is 2. The molecule has 2 aliphatic heterocycles. The summed E-state index contributed by atoms with van der Waals surface area (Å²) in [5.41, 5.74) is 0.704. The Bertz CT molecular complexity index is 1130. The van der Waals surface area contributed by atoms with E-state index in [1.54, 1.807) is 36.4 Å². The molecule has 0 saturated carbocycles. The highest BCUT2D eigenvalue weighted by atomic mass is 16.6. The second kappa shape index (κ2) is 5.85. The van der Waals surface area contributed by atoms with Crippen LogP contribution in [0.3, 0.4) is 0 Å². The molecular formula is C23H16O6. The van der Waals surface area contributed by atoms with Crippen molar-refractivity contribution in [1.29, 1.82) is 0 Å². The minimum Gasteiger partial charge on any atom is -0.508 e. The number of carbonyl (C=O) groups is 2. The molecule has 0 fully saturated rings. The van der Waals surface area contributed by atoms with Gasteiger partial charge in [-0.3, -0.25) is 4.79 Å². The summed E-state index contributed by atoms with van der Waals surface area (Å²) in [5, 5.41) is 19.9. The number of carbonyl (C=O) groups excluding carboxylic acids is 2. The largest absolute Gasteiger partial charge is 0.508 e. The van der Waals surface area contributed by atoms with Crippen LogP contribution in [0.5, 0.6) is 23.0 Å². The molecule has 6 heteroatoms. The number of aromatic hydroxyl groups is 2. The van der Waals surface area contributed by atoms with Gasteiger partial charge in [0.05, 0.1) is 11.5 Å². The van der Waals surface area contributed by atoms with Crippen LogP contribution in [0.4, 0.5) is 0 Å². The molecule has 0 amide bonds. The highest BCUT2D eigenvalue weighted by molar-refractivity contribution is 5.99. The van der Waals surface area contributed by atoms with E-state index in [-0.39, 0.29) is 17.3 Å². The summed E-state index contributed by atoms with van der Waals surface area (Å²) in [6.45, 7) is 1.49. The number of ether oxygens (including phenoxy) is 2. The molecule has 0 radical (unpaired) electrons. The lowest BCUT2D eigenvalue weighted by atomic mass is 9.77. The monoisotopic (exact) mass is 388 g/mol. The van der Waals surface area contributed by atoms with Crippen molar-refractivity contribution < 1.29 is 29.3 Å². The normalized spacial score (nSPS) is 20.4. The third-order valence-corrected chi connectivity index (χ3v) is 5.45. The molecule has 2 aromatic rings. The molecule has 1 atom stereocenters. The first-order chi connectivity index (χ1) is 13.9. The van der Waals surface area contributed by atoms with Gasteiger partial charge in [0, 0.05) is 28.8 Å². The lowest BCUT2D eigenvalue weighted by Gasteiger charge is -2.37. The van der Waals surface area contributed by atoms with Crippen LogP contribution < -0.4 is 4.74 Å². The second-order valence-electron chi connectivity index (χ2n) is 7.22. The van der Waals surface area contributed by atoms with Crippen molar-refractivity contribution in [2.45, 2.75) is 12.5 Å². The van der Waals surface area contributed by atoms with Gasteiger partial charge in [0.15, 0.2) is 5.60 Å². The van der Waals surface area contributed by atoms with Gasteiger partial charge in [-0.15, -0.1) is 0 Å². The first-order valence-corrected chi connectivity index (χ1v) is 9.10. The number of rotatable bonds is 1. The summed E-state index contributed by atoms with van der Waals surface area (Å²) in [6.07, 6.45) is 6.77. The third-order valence-electron chi connectivity index (χ3n) is 5.45. The van der Waals surface area contributed by atoms with Crippen LogP contribution in [0.15, 0.2) is 71.8 Å². The Kier molecular flexibility index (Phi) is 3.49. The van der Waals surface area contributed by atoms with E-state index in [1.807, 2.05) is 0 Å². The van der Waals surface area contributed by atoms with E-state index in [0.717, 1.165) is 0 Å². The van der Waals surface area contributed by atoms with E-state index >= 15 is 0 Å². The first-order valence-electron chi connectivity index (χ1n) is 9.10. The van der Waals surface area contributed by atoms with E-state index in [2.05, 4.69) is 0 Å². The van der Waals surface area contributed by atoms with Crippen LogP contribution in [0.1, 0.15) is 18.1 Å². The van der Waals surface area contributed by atoms with E-state index in [1.165, 1.54) is 31.2 Å². The summed E-state index contributed by atoms with van der Waals surface area (Å²) in [5.74, 6) is -0.385. The number of allylic oxidation sites excluding steroid dienone is 2. The molecule has 29 heavy (non-hydrogen) atoms. The summed E-state index contributed by atoms with van der Waals surface area (Å²) in [7, 11) is 0. The van der Waals surface area contributed by atoms with Crippen LogP contribution in [0.25, 0.3) is 0 Å². The Balaban J connectivity index is 1.82. The molecule has 1 aliphatic carbocycles. The maximum Gasteiger partial charge on any atom is 0.340 e. The van der Waals surface area contributed by atoms with E-state index < -0.39 is 17.5 Å². The molecule has 1 unspecified atom stereocenters. The lowest BCUT2D eigenvalue weighted by molar-refractivity contribution is -0.144. The number of Topliss-reactive ketones (excluding diaryl/α,β-unsaturated/α-hetero) is 1. The zero-order chi connectivity index (χ0) is 20.3. The molecule has 6 nitrogen and oxygen atoms in total. The maximum absolute atomic E-state index is 12.9. The summed E-state index contributed by atoms with van der Waals surface area (Å²) in [4.78, 5) is 24.8. The number of ketones is 1. The fourth-order valence-electron chi connectivity index (χ4n) is 4.08. The highest BCUT2D eigenvalue weighted by Gasteiger charge is 2.54. The Labute approximate surface area is 166 Å². The molecule has 144 valence electrons. The highest BCUT2D eigenvalue weighted by Crippen LogP contribution is 2.57. The second-order valence-corrected chi connectivity index (χ2v) is 7.22. The Morgan fingerprint density at radius 2 is 1.55 bits per heavy atom.